The van der Waals surface area contributed by atoms with Crippen LogP contribution in [0.2, 0.25) is 0 Å². The van der Waals surface area contributed by atoms with E-state index in [4.69, 9.17) is 10.3 Å². The summed E-state index contributed by atoms with van der Waals surface area (Å²) in [5.74, 6) is 0. The van der Waals surface area contributed by atoms with Gasteiger partial charge in [-0.05, 0) is 25.8 Å². The van der Waals surface area contributed by atoms with Crippen LogP contribution in [0.3, 0.4) is 0 Å². The Kier molecular flexibility index (Phi) is 7.73. The number of rotatable bonds is 4. The maximum atomic E-state index is 9.56. The fourth-order valence-corrected chi connectivity index (χ4v) is 1.43. The van der Waals surface area contributed by atoms with Gasteiger partial charge in [0.2, 0.25) is 0 Å². The van der Waals surface area contributed by atoms with E-state index in [0.29, 0.717) is 0 Å². The molecule has 0 aliphatic carbocycles. The lowest BCUT2D eigenvalue weighted by Crippen LogP contribution is -2.17. The van der Waals surface area contributed by atoms with E-state index < -0.39 is 10.4 Å². The molecule has 6 heteroatoms. The fraction of sp³-hybridized carbons (Fsp3) is 0.455. The molecule has 0 fully saturated rings. The molecule has 1 aromatic carbocycles. The van der Waals surface area contributed by atoms with Gasteiger partial charge in [0.1, 0.15) is 0 Å². The Bertz CT molecular complexity index is 389. The average molecular weight is 261 g/mol. The van der Waals surface area contributed by atoms with E-state index in [-0.39, 0.29) is 12.6 Å². The van der Waals surface area contributed by atoms with Crippen LogP contribution in [0.1, 0.15) is 19.4 Å². The van der Waals surface area contributed by atoms with Gasteiger partial charge < -0.3 is 5.73 Å². The number of benzene rings is 1. The summed E-state index contributed by atoms with van der Waals surface area (Å²) in [6.45, 7) is 3.46. The van der Waals surface area contributed by atoms with Crippen molar-refractivity contribution in [2.75, 3.05) is 6.61 Å². The summed E-state index contributed by atoms with van der Waals surface area (Å²) in [6.07, 6.45) is 0.973. The first kappa shape index (κ1) is 16.1. The van der Waals surface area contributed by atoms with Crippen molar-refractivity contribution in [3.05, 3.63) is 35.9 Å². The zero-order chi connectivity index (χ0) is 13.3. The maximum Gasteiger partial charge on any atom is 0.397 e. The molecule has 0 aliphatic rings. The van der Waals surface area contributed by atoms with Gasteiger partial charge in [-0.15, -0.1) is 0 Å². The quantitative estimate of drug-likeness (QED) is 0.800. The summed E-state index contributed by atoms with van der Waals surface area (Å²) >= 11 is 0. The highest BCUT2D eigenvalue weighted by atomic mass is 32.3. The summed E-state index contributed by atoms with van der Waals surface area (Å²) in [7, 11) is -4.17. The molecule has 0 bridgehead atoms. The maximum absolute atomic E-state index is 9.56. The van der Waals surface area contributed by atoms with Gasteiger partial charge in [-0.3, -0.25) is 4.55 Å². The predicted molar refractivity (Wildman–Crippen MR) is 67.0 cm³/mol. The van der Waals surface area contributed by atoms with Gasteiger partial charge >= 0.3 is 10.4 Å². The van der Waals surface area contributed by atoms with Gasteiger partial charge in [-0.25, -0.2) is 4.18 Å². The summed E-state index contributed by atoms with van der Waals surface area (Å²) in [5.41, 5.74) is 6.94. The van der Waals surface area contributed by atoms with E-state index in [2.05, 4.69) is 16.3 Å². The number of nitrogens with two attached hydrogens (primary N) is 1. The fourth-order valence-electron chi connectivity index (χ4n) is 1.13. The van der Waals surface area contributed by atoms with Gasteiger partial charge in [0.15, 0.2) is 0 Å². The molecule has 98 valence electrons. The van der Waals surface area contributed by atoms with Crippen molar-refractivity contribution in [3.63, 3.8) is 0 Å². The molecule has 0 spiro atoms. The minimum absolute atomic E-state index is 0.0289. The van der Waals surface area contributed by atoms with E-state index in [1.165, 1.54) is 12.5 Å². The zero-order valence-electron chi connectivity index (χ0n) is 10.0. The molecule has 0 aromatic heterocycles. The number of hydrogen-bond donors (Lipinski definition) is 2. The minimum Gasteiger partial charge on any atom is -0.328 e. The third kappa shape index (κ3) is 11.3. The van der Waals surface area contributed by atoms with Crippen molar-refractivity contribution >= 4 is 10.4 Å². The van der Waals surface area contributed by atoms with E-state index in [0.717, 1.165) is 6.42 Å². The lowest BCUT2D eigenvalue weighted by molar-refractivity contribution is 0.283. The molecule has 0 aliphatic heterocycles. The summed E-state index contributed by atoms with van der Waals surface area (Å²) in [5, 5.41) is 0. The Morgan fingerprint density at radius 1 is 1.35 bits per heavy atom. The predicted octanol–water partition coefficient (Wildman–Crippen LogP) is 1.40. The van der Waals surface area contributed by atoms with Crippen molar-refractivity contribution in [1.29, 1.82) is 0 Å². The molecular formula is C11H19NO4S. The molecule has 0 amide bonds. The highest BCUT2D eigenvalue weighted by Crippen LogP contribution is 2.00. The third-order valence-electron chi connectivity index (χ3n) is 1.67. The number of hydrogen-bond acceptors (Lipinski definition) is 4. The van der Waals surface area contributed by atoms with E-state index in [1.807, 2.05) is 25.1 Å². The lowest BCUT2D eigenvalue weighted by Gasteiger charge is -2.02. The minimum atomic E-state index is -4.17. The second kappa shape index (κ2) is 8.19. The average Bonchev–Trinajstić information content (AvgIpc) is 2.17. The topological polar surface area (TPSA) is 89.6 Å². The molecule has 0 saturated carbocycles. The Balaban J connectivity index is 0.000000325. The van der Waals surface area contributed by atoms with E-state index in [9.17, 15) is 8.42 Å². The Morgan fingerprint density at radius 3 is 2.18 bits per heavy atom. The molecule has 0 saturated heterocycles. The van der Waals surface area contributed by atoms with Crippen LogP contribution in [-0.2, 0) is 21.0 Å². The SMILES string of the molecule is CC(N)Cc1ccccc1.CCOS(=O)(=O)O. The normalized spacial score (nSPS) is 12.5. The van der Waals surface area contributed by atoms with Crippen LogP contribution in [0.4, 0.5) is 0 Å². The van der Waals surface area contributed by atoms with E-state index >= 15 is 0 Å². The molecule has 0 radical (unpaired) electrons. The van der Waals surface area contributed by atoms with Crippen molar-refractivity contribution < 1.29 is 17.2 Å². The molecule has 3 N–H and O–H groups in total. The van der Waals surface area contributed by atoms with Crippen LogP contribution in [0.15, 0.2) is 30.3 Å². The summed E-state index contributed by atoms with van der Waals surface area (Å²) in [6, 6.07) is 10.6. The summed E-state index contributed by atoms with van der Waals surface area (Å²) in [4.78, 5) is 0. The lowest BCUT2D eigenvalue weighted by atomic mass is 10.1. The third-order valence-corrected chi connectivity index (χ3v) is 2.20. The second-order valence-electron chi connectivity index (χ2n) is 3.50. The smallest absolute Gasteiger partial charge is 0.328 e. The largest absolute Gasteiger partial charge is 0.397 e. The van der Waals surface area contributed by atoms with Crippen LogP contribution in [0, 0.1) is 0 Å². The van der Waals surface area contributed by atoms with Crippen molar-refractivity contribution in [1.82, 2.24) is 0 Å². The van der Waals surface area contributed by atoms with Gasteiger partial charge in [0, 0.05) is 6.04 Å². The Morgan fingerprint density at radius 2 is 1.88 bits per heavy atom. The van der Waals surface area contributed by atoms with Gasteiger partial charge in [-0.2, -0.15) is 8.42 Å². The summed E-state index contributed by atoms with van der Waals surface area (Å²) < 4.78 is 30.7. The Labute approximate surface area is 103 Å². The van der Waals surface area contributed by atoms with Gasteiger partial charge in [0.05, 0.1) is 6.61 Å². The van der Waals surface area contributed by atoms with Crippen molar-refractivity contribution in [2.24, 2.45) is 5.73 Å². The molecule has 1 unspecified atom stereocenters. The molecule has 1 aromatic rings. The van der Waals surface area contributed by atoms with Crippen molar-refractivity contribution in [3.8, 4) is 0 Å². The van der Waals surface area contributed by atoms with Crippen LogP contribution in [0.5, 0.6) is 0 Å². The van der Waals surface area contributed by atoms with Gasteiger partial charge in [-0.1, -0.05) is 30.3 Å². The molecule has 0 heterocycles. The first-order chi connectivity index (χ1) is 7.85. The monoisotopic (exact) mass is 261 g/mol. The van der Waals surface area contributed by atoms with Crippen LogP contribution in [0.25, 0.3) is 0 Å². The second-order valence-corrected chi connectivity index (χ2v) is 4.59. The van der Waals surface area contributed by atoms with Gasteiger partial charge in [0.25, 0.3) is 0 Å². The first-order valence-electron chi connectivity index (χ1n) is 5.26. The molecule has 17 heavy (non-hydrogen) atoms. The van der Waals surface area contributed by atoms with Crippen LogP contribution < -0.4 is 5.73 Å². The molecular weight excluding hydrogens is 242 g/mol. The standard InChI is InChI=1S/C9H13N.C2H6O4S/c1-8(10)7-9-5-3-2-4-6-9;1-2-6-7(3,4)5/h2-6,8H,7,10H2,1H3;2H2,1H3,(H,3,4,5). The van der Waals surface area contributed by atoms with E-state index in [1.54, 1.807) is 0 Å². The molecule has 1 atom stereocenters. The van der Waals surface area contributed by atoms with Crippen LogP contribution >= 0.6 is 0 Å². The molecule has 1 rings (SSSR count). The van der Waals surface area contributed by atoms with Crippen LogP contribution in [-0.4, -0.2) is 25.6 Å². The Hall–Kier alpha value is -0.950. The molecule has 5 nitrogen and oxygen atoms in total. The van der Waals surface area contributed by atoms with Crippen molar-refractivity contribution in [2.45, 2.75) is 26.3 Å². The first-order valence-corrected chi connectivity index (χ1v) is 6.63. The zero-order valence-corrected chi connectivity index (χ0v) is 10.9. The highest BCUT2D eigenvalue weighted by molar-refractivity contribution is 7.80. The highest BCUT2D eigenvalue weighted by Gasteiger charge is 1.98.